The van der Waals surface area contributed by atoms with Gasteiger partial charge >= 0.3 is 0 Å². The second-order valence-electron chi connectivity index (χ2n) is 4.25. The quantitative estimate of drug-likeness (QED) is 0.920. The minimum Gasteiger partial charge on any atom is -0.492 e. The SMILES string of the molecule is CCOc1cncc(C(N)c2cc(C)c(C)s2)c1. The molecule has 2 aromatic heterocycles. The monoisotopic (exact) mass is 262 g/mol. The van der Waals surface area contributed by atoms with Crippen LogP contribution in [-0.2, 0) is 0 Å². The van der Waals surface area contributed by atoms with E-state index in [9.17, 15) is 0 Å². The molecule has 3 nitrogen and oxygen atoms in total. The molecule has 0 saturated carbocycles. The van der Waals surface area contributed by atoms with E-state index in [1.807, 2.05) is 13.0 Å². The van der Waals surface area contributed by atoms with Gasteiger partial charge in [0.2, 0.25) is 0 Å². The summed E-state index contributed by atoms with van der Waals surface area (Å²) in [5, 5.41) is 0. The van der Waals surface area contributed by atoms with E-state index in [-0.39, 0.29) is 6.04 Å². The normalized spacial score (nSPS) is 12.4. The maximum absolute atomic E-state index is 6.28. The van der Waals surface area contributed by atoms with Gasteiger partial charge < -0.3 is 10.5 Å². The number of rotatable bonds is 4. The van der Waals surface area contributed by atoms with Crippen LogP contribution in [0.2, 0.25) is 0 Å². The third-order valence-electron chi connectivity index (χ3n) is 2.90. The topological polar surface area (TPSA) is 48.1 Å². The number of thiophene rings is 1. The Morgan fingerprint density at radius 2 is 2.11 bits per heavy atom. The molecule has 2 aromatic rings. The zero-order valence-corrected chi connectivity index (χ0v) is 11.8. The number of hydrogen-bond acceptors (Lipinski definition) is 4. The van der Waals surface area contributed by atoms with Crippen LogP contribution in [0.5, 0.6) is 5.75 Å². The van der Waals surface area contributed by atoms with Gasteiger partial charge in [0.25, 0.3) is 0 Å². The van der Waals surface area contributed by atoms with E-state index in [1.54, 1.807) is 23.7 Å². The Kier molecular flexibility index (Phi) is 3.99. The van der Waals surface area contributed by atoms with Crippen LogP contribution in [0, 0.1) is 13.8 Å². The summed E-state index contributed by atoms with van der Waals surface area (Å²) in [5.74, 6) is 0.774. The lowest BCUT2D eigenvalue weighted by Gasteiger charge is -2.11. The fraction of sp³-hybridized carbons (Fsp3) is 0.357. The summed E-state index contributed by atoms with van der Waals surface area (Å²) in [5.41, 5.74) is 8.56. The summed E-state index contributed by atoms with van der Waals surface area (Å²) in [6.07, 6.45) is 3.52. The molecule has 0 bridgehead atoms. The van der Waals surface area contributed by atoms with Crippen molar-refractivity contribution in [3.05, 3.63) is 45.4 Å². The largest absolute Gasteiger partial charge is 0.492 e. The molecule has 0 spiro atoms. The van der Waals surface area contributed by atoms with Crippen molar-refractivity contribution in [1.29, 1.82) is 0 Å². The molecule has 1 unspecified atom stereocenters. The molecule has 0 saturated heterocycles. The third kappa shape index (κ3) is 2.71. The van der Waals surface area contributed by atoms with Gasteiger partial charge in [-0.2, -0.15) is 0 Å². The lowest BCUT2D eigenvalue weighted by Crippen LogP contribution is -2.10. The molecular weight excluding hydrogens is 244 g/mol. The Morgan fingerprint density at radius 1 is 1.33 bits per heavy atom. The highest BCUT2D eigenvalue weighted by Gasteiger charge is 2.13. The van der Waals surface area contributed by atoms with Gasteiger partial charge in [0.15, 0.2) is 0 Å². The van der Waals surface area contributed by atoms with Crippen LogP contribution in [0.25, 0.3) is 0 Å². The zero-order chi connectivity index (χ0) is 13.1. The van der Waals surface area contributed by atoms with Crippen LogP contribution in [0.1, 0.15) is 33.8 Å². The number of nitrogens with two attached hydrogens (primary N) is 1. The van der Waals surface area contributed by atoms with E-state index in [1.165, 1.54) is 15.3 Å². The Hall–Kier alpha value is -1.39. The summed E-state index contributed by atoms with van der Waals surface area (Å²) in [6, 6.07) is 3.99. The average Bonchev–Trinajstić information content (AvgIpc) is 2.69. The van der Waals surface area contributed by atoms with Gasteiger partial charge in [0.05, 0.1) is 18.8 Å². The van der Waals surface area contributed by atoms with Gasteiger partial charge in [-0.1, -0.05) is 0 Å². The highest BCUT2D eigenvalue weighted by Crippen LogP contribution is 2.29. The maximum Gasteiger partial charge on any atom is 0.137 e. The third-order valence-corrected chi connectivity index (χ3v) is 4.13. The minimum absolute atomic E-state index is 0.129. The average molecular weight is 262 g/mol. The van der Waals surface area contributed by atoms with Crippen molar-refractivity contribution in [2.24, 2.45) is 5.73 Å². The van der Waals surface area contributed by atoms with Crippen LogP contribution in [0.3, 0.4) is 0 Å². The molecule has 0 aromatic carbocycles. The predicted molar refractivity (Wildman–Crippen MR) is 75.2 cm³/mol. The molecule has 0 fully saturated rings. The summed E-state index contributed by atoms with van der Waals surface area (Å²) >= 11 is 1.74. The van der Waals surface area contributed by atoms with E-state index < -0.39 is 0 Å². The van der Waals surface area contributed by atoms with E-state index in [4.69, 9.17) is 10.5 Å². The fourth-order valence-electron chi connectivity index (χ4n) is 1.77. The number of aryl methyl sites for hydroxylation is 2. The Balaban J connectivity index is 2.27. The Morgan fingerprint density at radius 3 is 2.72 bits per heavy atom. The number of pyridine rings is 1. The fourth-order valence-corrected chi connectivity index (χ4v) is 2.84. The van der Waals surface area contributed by atoms with Crippen molar-refractivity contribution in [2.45, 2.75) is 26.8 Å². The van der Waals surface area contributed by atoms with E-state index in [0.717, 1.165) is 11.3 Å². The van der Waals surface area contributed by atoms with Crippen molar-refractivity contribution < 1.29 is 4.74 Å². The number of ether oxygens (including phenoxy) is 1. The molecule has 0 aliphatic rings. The van der Waals surface area contributed by atoms with Crippen LogP contribution >= 0.6 is 11.3 Å². The standard InChI is InChI=1S/C14H18N2OS/c1-4-17-12-6-11(7-16-8-12)14(15)13-5-9(2)10(3)18-13/h5-8,14H,4,15H2,1-3H3. The van der Waals surface area contributed by atoms with Crippen molar-refractivity contribution >= 4 is 11.3 Å². The number of hydrogen-bond donors (Lipinski definition) is 1. The molecule has 0 amide bonds. The van der Waals surface area contributed by atoms with Gasteiger partial charge in [-0.3, -0.25) is 4.98 Å². The van der Waals surface area contributed by atoms with E-state index in [2.05, 4.69) is 24.9 Å². The number of nitrogens with zero attached hydrogens (tertiary/aromatic N) is 1. The molecule has 2 heterocycles. The molecule has 2 N–H and O–H groups in total. The molecule has 2 rings (SSSR count). The first-order valence-electron chi connectivity index (χ1n) is 6.02. The van der Waals surface area contributed by atoms with Crippen molar-refractivity contribution in [2.75, 3.05) is 6.61 Å². The molecule has 0 radical (unpaired) electrons. The first-order chi connectivity index (χ1) is 8.61. The maximum atomic E-state index is 6.28. The Bertz CT molecular complexity index is 517. The van der Waals surface area contributed by atoms with Crippen molar-refractivity contribution in [3.8, 4) is 5.75 Å². The number of aromatic nitrogens is 1. The minimum atomic E-state index is -0.129. The lowest BCUT2D eigenvalue weighted by molar-refractivity contribution is 0.338. The van der Waals surface area contributed by atoms with Crippen LogP contribution in [0.15, 0.2) is 24.5 Å². The predicted octanol–water partition coefficient (Wildman–Crippen LogP) is 3.21. The second kappa shape index (κ2) is 5.50. The van der Waals surface area contributed by atoms with Crippen LogP contribution < -0.4 is 10.5 Å². The highest BCUT2D eigenvalue weighted by molar-refractivity contribution is 7.12. The zero-order valence-electron chi connectivity index (χ0n) is 10.9. The van der Waals surface area contributed by atoms with Crippen LogP contribution in [0.4, 0.5) is 0 Å². The van der Waals surface area contributed by atoms with Gasteiger partial charge in [0.1, 0.15) is 5.75 Å². The molecule has 4 heteroatoms. The first kappa shape index (κ1) is 13.1. The summed E-state index contributed by atoms with van der Waals surface area (Å²) < 4.78 is 5.45. The first-order valence-corrected chi connectivity index (χ1v) is 6.83. The van der Waals surface area contributed by atoms with Crippen LogP contribution in [-0.4, -0.2) is 11.6 Å². The molecule has 96 valence electrons. The molecule has 18 heavy (non-hydrogen) atoms. The molecular formula is C14H18N2OS. The second-order valence-corrected chi connectivity index (χ2v) is 5.54. The summed E-state index contributed by atoms with van der Waals surface area (Å²) in [7, 11) is 0. The molecule has 0 aliphatic carbocycles. The van der Waals surface area contributed by atoms with Crippen molar-refractivity contribution in [1.82, 2.24) is 4.98 Å². The summed E-state index contributed by atoms with van der Waals surface area (Å²) in [4.78, 5) is 6.66. The highest BCUT2D eigenvalue weighted by atomic mass is 32.1. The van der Waals surface area contributed by atoms with Gasteiger partial charge in [-0.05, 0) is 44.0 Å². The summed E-state index contributed by atoms with van der Waals surface area (Å²) in [6.45, 7) is 6.82. The van der Waals surface area contributed by atoms with Gasteiger partial charge in [-0.15, -0.1) is 11.3 Å². The van der Waals surface area contributed by atoms with E-state index in [0.29, 0.717) is 6.61 Å². The smallest absolute Gasteiger partial charge is 0.137 e. The Labute approximate surface area is 112 Å². The van der Waals surface area contributed by atoms with E-state index >= 15 is 0 Å². The van der Waals surface area contributed by atoms with Crippen molar-refractivity contribution in [3.63, 3.8) is 0 Å². The lowest BCUT2D eigenvalue weighted by atomic mass is 10.1. The molecule has 0 aliphatic heterocycles. The van der Waals surface area contributed by atoms with Gasteiger partial charge in [-0.25, -0.2) is 0 Å². The van der Waals surface area contributed by atoms with Gasteiger partial charge in [0, 0.05) is 16.0 Å². The molecule has 1 atom stereocenters.